The van der Waals surface area contributed by atoms with Gasteiger partial charge in [-0.2, -0.15) is 18.3 Å². The van der Waals surface area contributed by atoms with Crippen molar-refractivity contribution in [2.24, 2.45) is 5.92 Å². The minimum absolute atomic E-state index is 0.0361. The molecule has 11 heteroatoms. The number of halogens is 6. The van der Waals surface area contributed by atoms with E-state index in [1.54, 1.807) is 0 Å². The van der Waals surface area contributed by atoms with E-state index >= 15 is 0 Å². The lowest BCUT2D eigenvalue weighted by Crippen LogP contribution is -2.18. The number of pyridine rings is 1. The van der Waals surface area contributed by atoms with Crippen LogP contribution in [0.15, 0.2) is 42.6 Å². The van der Waals surface area contributed by atoms with Crippen LogP contribution in [0.2, 0.25) is 0 Å². The van der Waals surface area contributed by atoms with Gasteiger partial charge >= 0.3 is 12.5 Å². The van der Waals surface area contributed by atoms with Crippen molar-refractivity contribution >= 4 is 11.4 Å². The van der Waals surface area contributed by atoms with Crippen molar-refractivity contribution in [3.05, 3.63) is 54.0 Å². The Labute approximate surface area is 209 Å². The van der Waals surface area contributed by atoms with Crippen molar-refractivity contribution in [2.45, 2.75) is 79.9 Å². The fourth-order valence-corrected chi connectivity index (χ4v) is 2.98. The number of aromatic nitrogens is 3. The third kappa shape index (κ3) is 11.2. The second-order valence-corrected chi connectivity index (χ2v) is 7.41. The molecule has 0 radical (unpaired) electrons. The number of hydrogen-bond donors (Lipinski definition) is 1. The molecule has 1 aliphatic rings. The summed E-state index contributed by atoms with van der Waals surface area (Å²) in [6.45, 7) is 15.7. The molecule has 0 bridgehead atoms. The van der Waals surface area contributed by atoms with Crippen LogP contribution in [0.5, 0.6) is 5.75 Å². The molecule has 0 fully saturated rings. The highest BCUT2D eigenvalue weighted by atomic mass is 19.4. The summed E-state index contributed by atoms with van der Waals surface area (Å²) in [6.07, 6.45) is -3.59. The quantitative estimate of drug-likeness (QED) is 0.326. The summed E-state index contributed by atoms with van der Waals surface area (Å²) >= 11 is 0. The molecule has 3 rings (SSSR count). The molecule has 0 saturated heterocycles. The molecule has 0 saturated carbocycles. The van der Waals surface area contributed by atoms with Gasteiger partial charge in [-0.25, -0.2) is 4.98 Å². The molecular formula is C25H36F6N4O. The minimum atomic E-state index is -4.73. The number of fused-ring (bicyclic) bond motifs is 1. The van der Waals surface area contributed by atoms with Crippen LogP contribution >= 0.6 is 0 Å². The second kappa shape index (κ2) is 15.2. The first-order valence-electron chi connectivity index (χ1n) is 11.8. The van der Waals surface area contributed by atoms with Crippen LogP contribution in [0, 0.1) is 5.92 Å². The molecule has 0 unspecified atom stereocenters. The average molecular weight is 523 g/mol. The number of allylic oxidation sites excluding steroid dienone is 3. The van der Waals surface area contributed by atoms with E-state index in [2.05, 4.69) is 21.4 Å². The van der Waals surface area contributed by atoms with E-state index in [4.69, 9.17) is 5.73 Å². The van der Waals surface area contributed by atoms with Crippen molar-refractivity contribution in [2.75, 3.05) is 5.73 Å². The van der Waals surface area contributed by atoms with Gasteiger partial charge in [0.25, 0.3) is 0 Å². The van der Waals surface area contributed by atoms with Gasteiger partial charge in [0.1, 0.15) is 0 Å². The van der Waals surface area contributed by atoms with Gasteiger partial charge in [-0.15, -0.1) is 13.2 Å². The number of rotatable bonds is 4. The molecular weight excluding hydrogens is 486 g/mol. The van der Waals surface area contributed by atoms with Gasteiger partial charge in [0.15, 0.2) is 11.6 Å². The summed E-state index contributed by atoms with van der Waals surface area (Å²) in [6, 6.07) is 4.31. The minimum Gasteiger partial charge on any atom is -0.402 e. The van der Waals surface area contributed by atoms with Crippen molar-refractivity contribution in [3.8, 4) is 5.75 Å². The molecule has 2 aromatic heterocycles. The van der Waals surface area contributed by atoms with Crippen LogP contribution in [0.25, 0.3) is 5.57 Å². The third-order valence-electron chi connectivity index (χ3n) is 4.55. The van der Waals surface area contributed by atoms with Gasteiger partial charge in [-0.05, 0) is 55.0 Å². The van der Waals surface area contributed by atoms with Gasteiger partial charge in [-0.1, -0.05) is 48.1 Å². The Kier molecular flexibility index (Phi) is 13.9. The molecule has 0 atom stereocenters. The number of aryl methyl sites for hydroxylation is 2. The molecule has 5 nitrogen and oxygen atoms in total. The molecule has 36 heavy (non-hydrogen) atoms. The Balaban J connectivity index is 0.000000655. The van der Waals surface area contributed by atoms with Crippen LogP contribution in [-0.4, -0.2) is 27.3 Å². The predicted molar refractivity (Wildman–Crippen MR) is 131 cm³/mol. The van der Waals surface area contributed by atoms with Crippen LogP contribution in [0.4, 0.5) is 32.2 Å². The number of anilines is 1. The van der Waals surface area contributed by atoms with Gasteiger partial charge in [0.2, 0.25) is 0 Å². The summed E-state index contributed by atoms with van der Waals surface area (Å²) in [7, 11) is 0. The third-order valence-corrected chi connectivity index (χ3v) is 4.55. The summed E-state index contributed by atoms with van der Waals surface area (Å²) < 4.78 is 78.2. The van der Waals surface area contributed by atoms with Gasteiger partial charge < -0.3 is 10.5 Å². The average Bonchev–Trinajstić information content (AvgIpc) is 3.24. The van der Waals surface area contributed by atoms with Crippen LogP contribution in [0.3, 0.4) is 0 Å². The SMILES string of the molecule is C=C(/C=C(/c1cc2n(n1)CCCC2)C(C)C)C(F)(F)F.CC.CC.Nc1ncccc1OC(F)(F)F. The zero-order valence-electron chi connectivity index (χ0n) is 21.6. The second-order valence-electron chi connectivity index (χ2n) is 7.41. The number of hydrogen-bond acceptors (Lipinski definition) is 4. The lowest BCUT2D eigenvalue weighted by Gasteiger charge is -2.12. The predicted octanol–water partition coefficient (Wildman–Crippen LogP) is 7.99. The largest absolute Gasteiger partial charge is 0.573 e. The first-order chi connectivity index (χ1) is 16.8. The monoisotopic (exact) mass is 522 g/mol. The zero-order chi connectivity index (χ0) is 28.1. The maximum absolute atomic E-state index is 12.6. The lowest BCUT2D eigenvalue weighted by atomic mass is 9.97. The summed E-state index contributed by atoms with van der Waals surface area (Å²) in [5.41, 5.74) is 6.60. The number of ether oxygens (including phenoxy) is 1. The highest BCUT2D eigenvalue weighted by Gasteiger charge is 2.32. The van der Waals surface area contributed by atoms with Gasteiger partial charge in [0.05, 0.1) is 5.69 Å². The Morgan fingerprint density at radius 1 is 1.11 bits per heavy atom. The number of nitrogens with two attached hydrogens (primary N) is 1. The van der Waals surface area contributed by atoms with Crippen LogP contribution in [0.1, 0.15) is 65.8 Å². The molecule has 2 N–H and O–H groups in total. The van der Waals surface area contributed by atoms with Crippen LogP contribution < -0.4 is 10.5 Å². The number of nitrogen functional groups attached to an aromatic ring is 1. The Bertz CT molecular complexity index is 939. The van der Waals surface area contributed by atoms with E-state index in [1.807, 2.05) is 52.3 Å². The maximum atomic E-state index is 12.6. The van der Waals surface area contributed by atoms with E-state index in [0.29, 0.717) is 11.3 Å². The van der Waals surface area contributed by atoms with E-state index in [-0.39, 0.29) is 11.7 Å². The summed E-state index contributed by atoms with van der Waals surface area (Å²) in [5.74, 6) is -0.800. The Hall–Kier alpha value is -2.98. The fraction of sp³-hybridized carbons (Fsp3) is 0.520. The van der Waals surface area contributed by atoms with Crippen molar-refractivity contribution in [3.63, 3.8) is 0 Å². The van der Waals surface area contributed by atoms with E-state index < -0.39 is 23.9 Å². The number of alkyl halides is 6. The van der Waals surface area contributed by atoms with E-state index in [0.717, 1.165) is 43.6 Å². The first kappa shape index (κ1) is 33.0. The summed E-state index contributed by atoms with van der Waals surface area (Å²) in [4.78, 5) is 3.42. The van der Waals surface area contributed by atoms with E-state index in [1.165, 1.54) is 12.3 Å². The normalized spacial score (nSPS) is 13.2. The standard InChI is InChI=1S/C15H19F3N2.C6H5F3N2O.2C2H6/c1-10(2)13(8-11(3)15(16,17)18)14-9-12-6-4-5-7-20(12)19-14;7-6(8,9)12-4-2-1-3-11-5(4)10;2*1-2/h8-10H,3-7H2,1-2H3;1-3H,(H2,10,11);2*1-2H3/b13-8+;;;. The molecule has 2 aromatic rings. The molecule has 0 spiro atoms. The molecule has 204 valence electrons. The molecule has 1 aliphatic heterocycles. The highest BCUT2D eigenvalue weighted by Crippen LogP contribution is 2.31. The van der Waals surface area contributed by atoms with Gasteiger partial charge in [-0.3, -0.25) is 4.68 Å². The maximum Gasteiger partial charge on any atom is 0.573 e. The zero-order valence-corrected chi connectivity index (χ0v) is 21.6. The summed E-state index contributed by atoms with van der Waals surface area (Å²) in [5, 5.41) is 4.45. The first-order valence-corrected chi connectivity index (χ1v) is 11.8. The van der Waals surface area contributed by atoms with Crippen LogP contribution in [-0.2, 0) is 13.0 Å². The molecule has 0 aliphatic carbocycles. The van der Waals surface area contributed by atoms with Crippen molar-refractivity contribution in [1.82, 2.24) is 14.8 Å². The Morgan fingerprint density at radius 3 is 2.19 bits per heavy atom. The topological polar surface area (TPSA) is 66.0 Å². The fourth-order valence-electron chi connectivity index (χ4n) is 2.98. The van der Waals surface area contributed by atoms with Gasteiger partial charge in [0, 0.05) is 24.0 Å². The lowest BCUT2D eigenvalue weighted by molar-refractivity contribution is -0.274. The van der Waals surface area contributed by atoms with Crippen molar-refractivity contribution < 1.29 is 31.1 Å². The Morgan fingerprint density at radius 2 is 1.72 bits per heavy atom. The molecule has 3 heterocycles. The highest BCUT2D eigenvalue weighted by molar-refractivity contribution is 5.67. The smallest absolute Gasteiger partial charge is 0.402 e. The molecule has 0 aromatic carbocycles. The molecule has 0 amide bonds. The number of nitrogens with zero attached hydrogens (tertiary/aromatic N) is 3. The van der Waals surface area contributed by atoms with Crippen molar-refractivity contribution in [1.29, 1.82) is 0 Å². The van der Waals surface area contributed by atoms with E-state index in [9.17, 15) is 26.3 Å².